The van der Waals surface area contributed by atoms with Crippen molar-refractivity contribution < 1.29 is 19.8 Å². The topological polar surface area (TPSA) is 74.6 Å². The van der Waals surface area contributed by atoms with Crippen molar-refractivity contribution >= 4 is 11.9 Å². The van der Waals surface area contributed by atoms with Crippen molar-refractivity contribution in [3.05, 3.63) is 34.4 Å². The van der Waals surface area contributed by atoms with Crippen LogP contribution in [0.3, 0.4) is 0 Å². The van der Waals surface area contributed by atoms with E-state index in [4.69, 9.17) is 0 Å². The Morgan fingerprint density at radius 1 is 0.774 bits per heavy atom. The third-order valence-electron chi connectivity index (χ3n) is 6.39. The van der Waals surface area contributed by atoms with Crippen molar-refractivity contribution in [2.45, 2.75) is 117 Å². The Balaban J connectivity index is 2.48. The average Bonchev–Trinajstić information content (AvgIpc) is 2.72. The van der Waals surface area contributed by atoms with Crippen LogP contribution in [0.5, 0.6) is 0 Å². The second-order valence-electron chi connectivity index (χ2n) is 9.44. The van der Waals surface area contributed by atoms with Crippen molar-refractivity contribution in [3.63, 3.8) is 0 Å². The molecule has 1 aromatic carbocycles. The van der Waals surface area contributed by atoms with Gasteiger partial charge in [-0.2, -0.15) is 0 Å². The van der Waals surface area contributed by atoms with E-state index in [2.05, 4.69) is 27.7 Å². The predicted molar refractivity (Wildman–Crippen MR) is 128 cm³/mol. The van der Waals surface area contributed by atoms with Gasteiger partial charge < -0.3 is 10.2 Å². The molecular weight excluding hydrogens is 388 g/mol. The van der Waals surface area contributed by atoms with Gasteiger partial charge in [-0.05, 0) is 48.3 Å². The minimum Gasteiger partial charge on any atom is -0.478 e. The summed E-state index contributed by atoms with van der Waals surface area (Å²) in [6, 6.07) is 3.28. The van der Waals surface area contributed by atoms with Crippen LogP contribution in [0.1, 0.15) is 143 Å². The smallest absolute Gasteiger partial charge is 0.336 e. The maximum atomic E-state index is 11.9. The quantitative estimate of drug-likeness (QED) is 0.244. The van der Waals surface area contributed by atoms with Crippen LogP contribution >= 0.6 is 0 Å². The average molecular weight is 433 g/mol. The summed E-state index contributed by atoms with van der Waals surface area (Å²) in [5.41, 5.74) is 1.61. The largest absolute Gasteiger partial charge is 0.478 e. The molecule has 0 saturated heterocycles. The Morgan fingerprint density at radius 2 is 1.29 bits per heavy atom. The van der Waals surface area contributed by atoms with E-state index in [0.29, 0.717) is 6.42 Å². The Labute approximate surface area is 189 Å². The lowest BCUT2D eigenvalue weighted by molar-refractivity contribution is 0.0650. The van der Waals surface area contributed by atoms with E-state index in [9.17, 15) is 19.8 Å². The van der Waals surface area contributed by atoms with Gasteiger partial charge in [-0.3, -0.25) is 0 Å². The summed E-state index contributed by atoms with van der Waals surface area (Å²) in [6.45, 7) is 8.73. The number of benzene rings is 1. The molecule has 1 atom stereocenters. The zero-order valence-corrected chi connectivity index (χ0v) is 20.2. The van der Waals surface area contributed by atoms with Gasteiger partial charge in [0.2, 0.25) is 0 Å². The number of unbranched alkanes of at least 4 members (excludes halogenated alkanes) is 9. The SMILES string of the molecule is CCC(C)c1ccc(C(=O)O)c(C(=O)O)c1CCCCCCCCCCCCC(C)C. The summed E-state index contributed by atoms with van der Waals surface area (Å²) >= 11 is 0. The van der Waals surface area contributed by atoms with Crippen LogP contribution in [0, 0.1) is 5.92 Å². The Morgan fingerprint density at radius 3 is 1.74 bits per heavy atom. The number of hydrogen-bond donors (Lipinski definition) is 2. The molecule has 2 N–H and O–H groups in total. The molecule has 176 valence electrons. The molecule has 0 amide bonds. The van der Waals surface area contributed by atoms with Gasteiger partial charge in [0.1, 0.15) is 0 Å². The third-order valence-corrected chi connectivity index (χ3v) is 6.39. The first-order valence-corrected chi connectivity index (χ1v) is 12.4. The van der Waals surface area contributed by atoms with Crippen LogP contribution in [-0.4, -0.2) is 22.2 Å². The molecule has 0 bridgehead atoms. The zero-order valence-electron chi connectivity index (χ0n) is 20.2. The lowest BCUT2D eigenvalue weighted by atomic mass is 9.85. The van der Waals surface area contributed by atoms with Gasteiger partial charge >= 0.3 is 11.9 Å². The summed E-state index contributed by atoms with van der Waals surface area (Å²) in [5, 5.41) is 19.2. The minimum atomic E-state index is -1.17. The van der Waals surface area contributed by atoms with Crippen molar-refractivity contribution in [3.8, 4) is 0 Å². The monoisotopic (exact) mass is 432 g/mol. The molecule has 0 aliphatic carbocycles. The summed E-state index contributed by atoms with van der Waals surface area (Å²) in [7, 11) is 0. The zero-order chi connectivity index (χ0) is 23.2. The Kier molecular flexibility index (Phi) is 13.2. The van der Waals surface area contributed by atoms with Crippen LogP contribution < -0.4 is 0 Å². The highest BCUT2D eigenvalue weighted by atomic mass is 16.4. The van der Waals surface area contributed by atoms with Crippen molar-refractivity contribution in [1.82, 2.24) is 0 Å². The molecule has 4 nitrogen and oxygen atoms in total. The first-order valence-electron chi connectivity index (χ1n) is 12.4. The van der Waals surface area contributed by atoms with E-state index in [1.165, 1.54) is 57.4 Å². The van der Waals surface area contributed by atoms with Crippen LogP contribution in [0.15, 0.2) is 12.1 Å². The van der Waals surface area contributed by atoms with Gasteiger partial charge in [0.05, 0.1) is 11.1 Å². The predicted octanol–water partition coefficient (Wildman–Crippen LogP) is 8.09. The molecule has 31 heavy (non-hydrogen) atoms. The van der Waals surface area contributed by atoms with E-state index in [1.807, 2.05) is 6.07 Å². The number of carboxylic acids is 2. The second kappa shape index (κ2) is 15.0. The lowest BCUT2D eigenvalue weighted by Crippen LogP contribution is -2.15. The molecular formula is C27H44O4. The van der Waals surface area contributed by atoms with Gasteiger partial charge in [0.25, 0.3) is 0 Å². The molecule has 0 fully saturated rings. The molecule has 0 radical (unpaired) electrons. The summed E-state index contributed by atoms with van der Waals surface area (Å²) in [4.78, 5) is 23.4. The summed E-state index contributed by atoms with van der Waals surface area (Å²) in [5.74, 6) is -1.26. The molecule has 1 aromatic rings. The summed E-state index contributed by atoms with van der Waals surface area (Å²) in [6.07, 6.45) is 15.2. The Hall–Kier alpha value is -1.84. The van der Waals surface area contributed by atoms with Crippen molar-refractivity contribution in [2.24, 2.45) is 5.92 Å². The van der Waals surface area contributed by atoms with Crippen molar-refractivity contribution in [1.29, 1.82) is 0 Å². The molecule has 1 rings (SSSR count). The van der Waals surface area contributed by atoms with Crippen LogP contribution in [-0.2, 0) is 6.42 Å². The number of rotatable bonds is 17. The summed E-state index contributed by atoms with van der Waals surface area (Å²) < 4.78 is 0. The maximum Gasteiger partial charge on any atom is 0.336 e. The van der Waals surface area contributed by atoms with Crippen LogP contribution in [0.2, 0.25) is 0 Å². The number of carboxylic acid groups (broad SMARTS) is 2. The molecule has 0 spiro atoms. The number of carbonyl (C=O) groups is 2. The molecule has 0 heterocycles. The van der Waals surface area contributed by atoms with E-state index < -0.39 is 11.9 Å². The van der Waals surface area contributed by atoms with Crippen LogP contribution in [0.25, 0.3) is 0 Å². The minimum absolute atomic E-state index is 0.0113. The third kappa shape index (κ3) is 9.88. The molecule has 4 heteroatoms. The molecule has 0 saturated carbocycles. The van der Waals surface area contributed by atoms with Crippen molar-refractivity contribution in [2.75, 3.05) is 0 Å². The van der Waals surface area contributed by atoms with Gasteiger partial charge in [-0.25, -0.2) is 9.59 Å². The van der Waals surface area contributed by atoms with E-state index in [-0.39, 0.29) is 17.0 Å². The fourth-order valence-electron chi connectivity index (χ4n) is 4.31. The fraction of sp³-hybridized carbons (Fsp3) is 0.704. The number of hydrogen-bond acceptors (Lipinski definition) is 2. The molecule has 1 unspecified atom stereocenters. The fourth-order valence-corrected chi connectivity index (χ4v) is 4.31. The van der Waals surface area contributed by atoms with Gasteiger partial charge in [0.15, 0.2) is 0 Å². The van der Waals surface area contributed by atoms with Gasteiger partial charge in [0, 0.05) is 0 Å². The maximum absolute atomic E-state index is 11.9. The second-order valence-corrected chi connectivity index (χ2v) is 9.44. The van der Waals surface area contributed by atoms with E-state index in [0.717, 1.165) is 42.7 Å². The lowest BCUT2D eigenvalue weighted by Gasteiger charge is -2.19. The normalized spacial score (nSPS) is 12.3. The van der Waals surface area contributed by atoms with E-state index in [1.54, 1.807) is 0 Å². The Bertz CT molecular complexity index is 678. The molecule has 0 aliphatic heterocycles. The highest BCUT2D eigenvalue weighted by Crippen LogP contribution is 2.30. The first kappa shape index (κ1) is 27.2. The van der Waals surface area contributed by atoms with Gasteiger partial charge in [-0.1, -0.05) is 98.0 Å². The number of aromatic carboxylic acids is 2. The highest BCUT2D eigenvalue weighted by molar-refractivity contribution is 6.03. The van der Waals surface area contributed by atoms with E-state index >= 15 is 0 Å². The van der Waals surface area contributed by atoms with Crippen LogP contribution in [0.4, 0.5) is 0 Å². The molecule has 0 aliphatic rings. The highest BCUT2D eigenvalue weighted by Gasteiger charge is 2.24. The standard InChI is InChI=1S/C27H44O4/c1-5-21(4)22-18-19-24(26(28)29)25(27(30)31)23(22)17-15-13-11-9-7-6-8-10-12-14-16-20(2)3/h18-21H,5-17H2,1-4H3,(H,28,29)(H,30,31). The van der Waals surface area contributed by atoms with Gasteiger partial charge in [-0.15, -0.1) is 0 Å². The first-order chi connectivity index (χ1) is 14.8. The molecule has 0 aromatic heterocycles.